The first-order valence-electron chi connectivity index (χ1n) is 6.17. The predicted molar refractivity (Wildman–Crippen MR) is 67.8 cm³/mol. The molecule has 19 heavy (non-hydrogen) atoms. The molecule has 4 nitrogen and oxygen atoms in total. The van der Waals surface area contributed by atoms with Gasteiger partial charge in [-0.2, -0.15) is 5.10 Å². The van der Waals surface area contributed by atoms with Gasteiger partial charge in [-0.15, -0.1) is 0 Å². The van der Waals surface area contributed by atoms with Crippen LogP contribution in [0, 0.1) is 0 Å². The van der Waals surface area contributed by atoms with Gasteiger partial charge >= 0.3 is 0 Å². The summed E-state index contributed by atoms with van der Waals surface area (Å²) in [6.07, 6.45) is 0.888. The van der Waals surface area contributed by atoms with E-state index in [0.717, 1.165) is 30.8 Å². The van der Waals surface area contributed by atoms with Crippen molar-refractivity contribution in [1.82, 2.24) is 20.5 Å². The number of nitrogens with zero attached hydrogens (tertiary/aromatic N) is 2. The van der Waals surface area contributed by atoms with E-state index in [9.17, 15) is 8.78 Å². The first kappa shape index (κ1) is 13.6. The summed E-state index contributed by atoms with van der Waals surface area (Å²) in [5.41, 5.74) is 1.07. The van der Waals surface area contributed by atoms with Crippen molar-refractivity contribution in [2.24, 2.45) is 0 Å². The van der Waals surface area contributed by atoms with Crippen molar-refractivity contribution in [2.45, 2.75) is 25.8 Å². The standard InChI is InChI=1S/C13H16F2N4/c14-13(15)11-5-3-10(4-6-11)8-16-7-1-2-12-17-9-18-19-12/h3-6,9,13,16H,1-2,7-8H2,(H,17,18,19). The molecule has 0 spiro atoms. The van der Waals surface area contributed by atoms with Gasteiger partial charge in [-0.25, -0.2) is 13.8 Å². The molecule has 102 valence electrons. The van der Waals surface area contributed by atoms with Crippen LogP contribution in [0.3, 0.4) is 0 Å². The van der Waals surface area contributed by atoms with E-state index in [1.165, 1.54) is 18.5 Å². The number of benzene rings is 1. The minimum atomic E-state index is -2.40. The lowest BCUT2D eigenvalue weighted by Crippen LogP contribution is -2.15. The molecule has 1 aromatic carbocycles. The maximum Gasteiger partial charge on any atom is 0.263 e. The number of alkyl halides is 2. The van der Waals surface area contributed by atoms with Gasteiger partial charge in [-0.3, -0.25) is 5.10 Å². The van der Waals surface area contributed by atoms with Gasteiger partial charge in [0.2, 0.25) is 0 Å². The Morgan fingerprint density at radius 1 is 1.21 bits per heavy atom. The lowest BCUT2D eigenvalue weighted by Gasteiger charge is -2.05. The molecule has 0 fully saturated rings. The summed E-state index contributed by atoms with van der Waals surface area (Å²) in [5.74, 6) is 0.878. The normalized spacial score (nSPS) is 11.1. The van der Waals surface area contributed by atoms with Crippen molar-refractivity contribution < 1.29 is 8.78 Å². The number of aromatic amines is 1. The van der Waals surface area contributed by atoms with Crippen LogP contribution in [-0.2, 0) is 13.0 Å². The lowest BCUT2D eigenvalue weighted by molar-refractivity contribution is 0.151. The van der Waals surface area contributed by atoms with Gasteiger partial charge in [0.15, 0.2) is 0 Å². The Kier molecular flexibility index (Phi) is 4.97. The quantitative estimate of drug-likeness (QED) is 0.757. The molecule has 0 amide bonds. The number of H-pyrrole nitrogens is 1. The highest BCUT2D eigenvalue weighted by molar-refractivity contribution is 5.23. The van der Waals surface area contributed by atoms with Gasteiger partial charge < -0.3 is 5.32 Å². The molecule has 0 aliphatic heterocycles. The van der Waals surface area contributed by atoms with Crippen LogP contribution >= 0.6 is 0 Å². The fourth-order valence-corrected chi connectivity index (χ4v) is 1.75. The molecule has 0 unspecified atom stereocenters. The van der Waals surface area contributed by atoms with Crippen LogP contribution in [0.25, 0.3) is 0 Å². The topological polar surface area (TPSA) is 53.6 Å². The first-order valence-corrected chi connectivity index (χ1v) is 6.17. The molecule has 6 heteroatoms. The third-order valence-electron chi connectivity index (χ3n) is 2.79. The predicted octanol–water partition coefficient (Wildman–Crippen LogP) is 2.46. The Morgan fingerprint density at radius 2 is 2.00 bits per heavy atom. The summed E-state index contributed by atoms with van der Waals surface area (Å²) >= 11 is 0. The van der Waals surface area contributed by atoms with Gasteiger partial charge in [-0.1, -0.05) is 24.3 Å². The zero-order valence-corrected chi connectivity index (χ0v) is 10.4. The molecule has 2 N–H and O–H groups in total. The fourth-order valence-electron chi connectivity index (χ4n) is 1.75. The van der Waals surface area contributed by atoms with Crippen molar-refractivity contribution in [2.75, 3.05) is 6.54 Å². The van der Waals surface area contributed by atoms with Gasteiger partial charge in [-0.05, 0) is 18.5 Å². The zero-order chi connectivity index (χ0) is 13.5. The molecule has 2 rings (SSSR count). The van der Waals surface area contributed by atoms with Crippen molar-refractivity contribution >= 4 is 0 Å². The Labute approximate surface area is 110 Å². The molecule has 0 aliphatic rings. The van der Waals surface area contributed by atoms with E-state index in [-0.39, 0.29) is 5.56 Å². The van der Waals surface area contributed by atoms with E-state index in [1.807, 2.05) is 0 Å². The second-order valence-corrected chi connectivity index (χ2v) is 4.25. The third-order valence-corrected chi connectivity index (χ3v) is 2.79. The number of nitrogens with one attached hydrogen (secondary N) is 2. The van der Waals surface area contributed by atoms with Gasteiger partial charge in [0.25, 0.3) is 6.43 Å². The van der Waals surface area contributed by atoms with Crippen LogP contribution in [0.2, 0.25) is 0 Å². The van der Waals surface area contributed by atoms with E-state index in [4.69, 9.17) is 0 Å². The largest absolute Gasteiger partial charge is 0.313 e. The molecule has 0 saturated carbocycles. The number of hydrogen-bond donors (Lipinski definition) is 2. The first-order chi connectivity index (χ1) is 9.25. The maximum atomic E-state index is 12.4. The van der Waals surface area contributed by atoms with Crippen molar-refractivity contribution in [3.05, 3.63) is 47.5 Å². The molecule has 1 heterocycles. The molecule has 0 saturated heterocycles. The summed E-state index contributed by atoms with van der Waals surface area (Å²) in [6.45, 7) is 1.53. The molecule has 0 radical (unpaired) electrons. The van der Waals surface area contributed by atoms with E-state index in [2.05, 4.69) is 20.5 Å². The average molecular weight is 266 g/mol. The number of rotatable bonds is 7. The number of halogens is 2. The summed E-state index contributed by atoms with van der Waals surface area (Å²) < 4.78 is 24.7. The molecule has 1 aromatic heterocycles. The van der Waals surface area contributed by atoms with Crippen molar-refractivity contribution in [3.63, 3.8) is 0 Å². The van der Waals surface area contributed by atoms with E-state index >= 15 is 0 Å². The van der Waals surface area contributed by atoms with Crippen LogP contribution in [0.5, 0.6) is 0 Å². The molecule has 0 bridgehead atoms. The van der Waals surface area contributed by atoms with Crippen LogP contribution in [-0.4, -0.2) is 21.7 Å². The minimum absolute atomic E-state index is 0.0640. The van der Waals surface area contributed by atoms with Crippen molar-refractivity contribution in [1.29, 1.82) is 0 Å². The highest BCUT2D eigenvalue weighted by atomic mass is 19.3. The Bertz CT molecular complexity index is 468. The molecule has 0 atom stereocenters. The minimum Gasteiger partial charge on any atom is -0.313 e. The Morgan fingerprint density at radius 3 is 2.63 bits per heavy atom. The smallest absolute Gasteiger partial charge is 0.263 e. The lowest BCUT2D eigenvalue weighted by atomic mass is 10.1. The molecular weight excluding hydrogens is 250 g/mol. The van der Waals surface area contributed by atoms with Gasteiger partial charge in [0.05, 0.1) is 0 Å². The number of hydrogen-bond acceptors (Lipinski definition) is 3. The molecule has 0 aliphatic carbocycles. The van der Waals surface area contributed by atoms with E-state index < -0.39 is 6.43 Å². The maximum absolute atomic E-state index is 12.4. The third kappa shape index (κ3) is 4.40. The van der Waals surface area contributed by atoms with Crippen LogP contribution in [0.4, 0.5) is 8.78 Å². The summed E-state index contributed by atoms with van der Waals surface area (Å²) in [6, 6.07) is 6.39. The van der Waals surface area contributed by atoms with Gasteiger partial charge in [0.1, 0.15) is 12.2 Å². The van der Waals surface area contributed by atoms with Crippen LogP contribution < -0.4 is 5.32 Å². The summed E-state index contributed by atoms with van der Waals surface area (Å²) in [7, 11) is 0. The summed E-state index contributed by atoms with van der Waals surface area (Å²) in [5, 5.41) is 9.84. The second-order valence-electron chi connectivity index (χ2n) is 4.25. The van der Waals surface area contributed by atoms with Crippen LogP contribution in [0.15, 0.2) is 30.6 Å². The van der Waals surface area contributed by atoms with Gasteiger partial charge in [0, 0.05) is 18.5 Å². The number of aryl methyl sites for hydroxylation is 1. The Hall–Kier alpha value is -1.82. The zero-order valence-electron chi connectivity index (χ0n) is 10.4. The summed E-state index contributed by atoms with van der Waals surface area (Å²) in [4.78, 5) is 4.03. The van der Waals surface area contributed by atoms with E-state index in [0.29, 0.717) is 6.54 Å². The van der Waals surface area contributed by atoms with E-state index in [1.54, 1.807) is 12.1 Å². The molecular formula is C13H16F2N4. The monoisotopic (exact) mass is 266 g/mol. The van der Waals surface area contributed by atoms with Crippen molar-refractivity contribution in [3.8, 4) is 0 Å². The highest BCUT2D eigenvalue weighted by Crippen LogP contribution is 2.18. The molecule has 2 aromatic rings. The van der Waals surface area contributed by atoms with Crippen LogP contribution in [0.1, 0.15) is 29.8 Å². The average Bonchev–Trinajstić information content (AvgIpc) is 2.92. The SMILES string of the molecule is FC(F)c1ccc(CNCCCc2ncn[nH]2)cc1. The fraction of sp³-hybridized carbons (Fsp3) is 0.385. The number of aromatic nitrogens is 3. The Balaban J connectivity index is 1.65. The second kappa shape index (κ2) is 6.94. The highest BCUT2D eigenvalue weighted by Gasteiger charge is 2.05.